The third-order valence-corrected chi connectivity index (χ3v) is 7.26. The fourth-order valence-electron chi connectivity index (χ4n) is 4.07. The van der Waals surface area contributed by atoms with Crippen LogP contribution in [0.4, 0.5) is 0 Å². The van der Waals surface area contributed by atoms with Gasteiger partial charge in [-0.1, -0.05) is 65.4 Å². The number of allylic oxidation sites excluding steroid dienone is 1. The topological polar surface area (TPSA) is 77.3 Å². The largest absolute Gasteiger partial charge is 0.349 e. The minimum absolute atomic E-state index is 0.0980. The van der Waals surface area contributed by atoms with Gasteiger partial charge in [0.05, 0.1) is 23.2 Å². The Morgan fingerprint density at radius 1 is 0.971 bits per heavy atom. The van der Waals surface area contributed by atoms with E-state index in [1.54, 1.807) is 28.9 Å². The molecule has 0 spiro atoms. The third-order valence-electron chi connectivity index (χ3n) is 5.94. The van der Waals surface area contributed by atoms with E-state index >= 15 is 0 Å². The Bertz CT molecular complexity index is 1490. The van der Waals surface area contributed by atoms with Crippen molar-refractivity contribution >= 4 is 32.9 Å². The zero-order chi connectivity index (χ0) is 24.3. The van der Waals surface area contributed by atoms with Crippen molar-refractivity contribution in [3.63, 3.8) is 0 Å². The summed E-state index contributed by atoms with van der Waals surface area (Å²) in [5.74, 6) is 0. The molecule has 0 saturated heterocycles. The summed E-state index contributed by atoms with van der Waals surface area (Å²) in [5.41, 5.74) is 6.16. The molecule has 35 heavy (non-hydrogen) atoms. The monoisotopic (exact) mass is 486 g/mol. The first-order valence-corrected chi connectivity index (χ1v) is 12.9. The molecule has 0 amide bonds. The lowest BCUT2D eigenvalue weighted by Gasteiger charge is -2.18. The van der Waals surface area contributed by atoms with Gasteiger partial charge in [0.2, 0.25) is 0 Å². The van der Waals surface area contributed by atoms with E-state index in [0.717, 1.165) is 34.3 Å². The van der Waals surface area contributed by atoms with Gasteiger partial charge in [-0.25, -0.2) is 4.68 Å². The van der Waals surface area contributed by atoms with Crippen LogP contribution in [0.25, 0.3) is 22.8 Å². The smallest absolute Gasteiger partial charge is 0.296 e. The molecule has 1 aromatic heterocycles. The van der Waals surface area contributed by atoms with E-state index in [-0.39, 0.29) is 11.5 Å². The van der Waals surface area contributed by atoms with Crippen LogP contribution in [0.3, 0.4) is 0 Å². The lowest BCUT2D eigenvalue weighted by atomic mass is 10.1. The highest BCUT2D eigenvalue weighted by atomic mass is 32.2. The van der Waals surface area contributed by atoms with Gasteiger partial charge in [0.1, 0.15) is 5.52 Å². The van der Waals surface area contributed by atoms with E-state index in [0.29, 0.717) is 13.0 Å². The van der Waals surface area contributed by atoms with E-state index in [1.165, 1.54) is 5.57 Å². The van der Waals surface area contributed by atoms with Gasteiger partial charge < -0.3 is 4.90 Å². The van der Waals surface area contributed by atoms with Crippen LogP contribution in [0, 0.1) is 6.92 Å². The summed E-state index contributed by atoms with van der Waals surface area (Å²) < 4.78 is 32.1. The maximum atomic E-state index is 12.5. The zero-order valence-electron chi connectivity index (χ0n) is 19.4. The van der Waals surface area contributed by atoms with Gasteiger partial charge in [-0.15, -0.1) is 5.10 Å². The van der Waals surface area contributed by atoms with Crippen LogP contribution >= 0.6 is 0 Å². The van der Waals surface area contributed by atoms with Crippen LogP contribution in [-0.2, 0) is 14.3 Å². The number of hydrogen-bond donors (Lipinski definition) is 0. The molecule has 178 valence electrons. The molecule has 7 nitrogen and oxygen atoms in total. The predicted octanol–water partition coefficient (Wildman–Crippen LogP) is 5.08. The van der Waals surface area contributed by atoms with Crippen LogP contribution in [0.5, 0.6) is 0 Å². The summed E-state index contributed by atoms with van der Waals surface area (Å²) in [4.78, 5) is 2.31. The maximum Gasteiger partial charge on any atom is 0.296 e. The highest BCUT2D eigenvalue weighted by Crippen LogP contribution is 2.33. The zero-order valence-corrected chi connectivity index (χ0v) is 20.2. The Labute approximate surface area is 205 Å². The lowest BCUT2D eigenvalue weighted by molar-refractivity contribution is 0.295. The molecule has 2 heterocycles. The van der Waals surface area contributed by atoms with Crippen molar-refractivity contribution < 1.29 is 12.6 Å². The number of para-hydroxylation sites is 1. The van der Waals surface area contributed by atoms with E-state index < -0.39 is 10.1 Å². The molecule has 0 atom stereocenters. The van der Waals surface area contributed by atoms with Crippen molar-refractivity contribution in [3.05, 3.63) is 102 Å². The first-order valence-electron chi connectivity index (χ1n) is 11.5. The Kier molecular flexibility index (Phi) is 6.48. The Morgan fingerprint density at radius 2 is 1.71 bits per heavy atom. The number of nitrogens with zero attached hydrogens (tertiary/aromatic N) is 4. The van der Waals surface area contributed by atoms with Gasteiger partial charge in [-0.05, 0) is 48.7 Å². The molecule has 0 saturated carbocycles. The number of aryl methyl sites for hydroxylation is 1. The second-order valence-electron chi connectivity index (χ2n) is 8.48. The minimum Gasteiger partial charge on any atom is -0.349 e. The molecule has 1 aliphatic heterocycles. The first-order chi connectivity index (χ1) is 17.0. The maximum absolute atomic E-state index is 12.5. The van der Waals surface area contributed by atoms with Crippen LogP contribution in [-0.4, -0.2) is 41.5 Å². The summed E-state index contributed by atoms with van der Waals surface area (Å²) in [6.45, 7) is 2.62. The van der Waals surface area contributed by atoms with Crippen molar-refractivity contribution in [2.45, 2.75) is 24.7 Å². The van der Waals surface area contributed by atoms with Gasteiger partial charge >= 0.3 is 0 Å². The molecule has 4 aromatic rings. The van der Waals surface area contributed by atoms with Gasteiger partial charge in [0.25, 0.3) is 10.1 Å². The number of fused-ring (bicyclic) bond motifs is 1. The van der Waals surface area contributed by atoms with Crippen molar-refractivity contribution in [2.24, 2.45) is 0 Å². The molecule has 0 fully saturated rings. The molecular formula is C27H26N4O3S. The summed E-state index contributed by atoms with van der Waals surface area (Å²) in [7, 11) is -3.78. The van der Waals surface area contributed by atoms with Crippen molar-refractivity contribution in [1.82, 2.24) is 19.9 Å². The van der Waals surface area contributed by atoms with E-state index in [4.69, 9.17) is 4.18 Å². The molecule has 8 heteroatoms. The molecule has 0 N–H and O–H groups in total. The average Bonchev–Trinajstić information content (AvgIpc) is 3.47. The van der Waals surface area contributed by atoms with Gasteiger partial charge in [0.15, 0.2) is 0 Å². The summed E-state index contributed by atoms with van der Waals surface area (Å²) in [6.07, 6.45) is 5.39. The number of hydrogen-bond acceptors (Lipinski definition) is 6. The molecule has 0 radical (unpaired) electrons. The Morgan fingerprint density at radius 3 is 2.51 bits per heavy atom. The van der Waals surface area contributed by atoms with Crippen molar-refractivity contribution in [2.75, 3.05) is 13.2 Å². The second-order valence-corrected chi connectivity index (χ2v) is 10.1. The highest BCUT2D eigenvalue weighted by Gasteiger charge is 2.21. The van der Waals surface area contributed by atoms with Crippen LogP contribution in [0.1, 0.15) is 24.0 Å². The lowest BCUT2D eigenvalue weighted by Crippen LogP contribution is -2.18. The average molecular weight is 487 g/mol. The molecule has 0 bridgehead atoms. The summed E-state index contributed by atoms with van der Waals surface area (Å²) in [6, 6.07) is 24.7. The SMILES string of the molecule is Cc1ccc(S(=O)(=O)OCCCN2C=C(c3ccccc3)CC2=Cn2nnc3ccccc32)cc1. The Balaban J connectivity index is 1.32. The first kappa shape index (κ1) is 23.0. The highest BCUT2D eigenvalue weighted by molar-refractivity contribution is 7.86. The van der Waals surface area contributed by atoms with Crippen LogP contribution in [0.2, 0.25) is 0 Å². The van der Waals surface area contributed by atoms with Crippen molar-refractivity contribution in [1.29, 1.82) is 0 Å². The number of aromatic nitrogens is 3. The Hall–Kier alpha value is -3.75. The predicted molar refractivity (Wildman–Crippen MR) is 136 cm³/mol. The molecule has 5 rings (SSSR count). The standard InChI is InChI=1S/C27H26N4O3S/c1-21-12-14-25(15-13-21)35(32,33)34-17-7-16-30-19-23(22-8-3-2-4-9-22)18-24(30)20-31-27-11-6-5-10-26(27)28-29-31/h2-6,8-15,19-20H,7,16-18H2,1H3. The van der Waals surface area contributed by atoms with Crippen LogP contribution in [0.15, 0.2) is 95.7 Å². The molecule has 0 unspecified atom stereocenters. The van der Waals surface area contributed by atoms with E-state index in [9.17, 15) is 8.42 Å². The van der Waals surface area contributed by atoms with Gasteiger partial charge in [-0.3, -0.25) is 4.18 Å². The van der Waals surface area contributed by atoms with Gasteiger partial charge in [-0.2, -0.15) is 8.42 Å². The molecule has 0 aliphatic carbocycles. The number of benzene rings is 3. The molecule has 1 aliphatic rings. The van der Waals surface area contributed by atoms with Crippen molar-refractivity contribution in [3.8, 4) is 0 Å². The van der Waals surface area contributed by atoms with E-state index in [1.807, 2.05) is 55.6 Å². The number of rotatable bonds is 8. The molecule has 3 aromatic carbocycles. The van der Waals surface area contributed by atoms with Crippen LogP contribution < -0.4 is 0 Å². The fraction of sp³-hybridized carbons (Fsp3) is 0.185. The van der Waals surface area contributed by atoms with E-state index in [2.05, 4.69) is 33.5 Å². The quantitative estimate of drug-likeness (QED) is 0.255. The van der Waals surface area contributed by atoms with Gasteiger partial charge in [0, 0.05) is 24.9 Å². The second kappa shape index (κ2) is 9.85. The molecular weight excluding hydrogens is 460 g/mol. The summed E-state index contributed by atoms with van der Waals surface area (Å²) >= 11 is 0. The minimum atomic E-state index is -3.78. The fourth-order valence-corrected chi connectivity index (χ4v) is 5.01. The third kappa shape index (κ3) is 5.18. The summed E-state index contributed by atoms with van der Waals surface area (Å²) in [5, 5.41) is 8.54. The normalized spacial score (nSPS) is 15.2.